The minimum Gasteiger partial charge on any atom is 2.00 e. The van der Waals surface area contributed by atoms with Gasteiger partial charge in [0.25, 0.3) is 0 Å². The third-order valence-electron chi connectivity index (χ3n) is 0. The third-order valence-corrected chi connectivity index (χ3v) is 0. The Balaban J connectivity index is 0. The minimum atomic E-state index is -4.12. The fourth-order valence-electron chi connectivity index (χ4n) is 0. The average Bonchev–Trinajstić information content (AvgIpc) is 0.722. The first-order valence-corrected chi connectivity index (χ1v) is 5.35. The molecule has 0 aromatic rings. The summed E-state index contributed by atoms with van der Waals surface area (Å²) in [7, 11) is 0. The molecule has 0 aliphatic heterocycles. The molecule has 2 N–H and O–H groups in total. The van der Waals surface area contributed by atoms with Gasteiger partial charge < -0.3 is 0 Å². The molecule has 0 aliphatic rings. The van der Waals surface area contributed by atoms with Crippen molar-refractivity contribution in [3.63, 3.8) is 0 Å². The van der Waals surface area contributed by atoms with Crippen LogP contribution in [0.4, 0.5) is 0 Å². The summed E-state index contributed by atoms with van der Waals surface area (Å²) in [6.45, 7) is 0. The van der Waals surface area contributed by atoms with Gasteiger partial charge in [0.2, 0.25) is 0 Å². The number of rotatable bonds is 0. The molecule has 3 nitrogen and oxygen atoms in total. The van der Waals surface area contributed by atoms with Gasteiger partial charge in [0.15, 0.2) is 0 Å². The Hall–Kier alpha value is 0.798. The quantitative estimate of drug-likeness (QED) is 0.495. The van der Waals surface area contributed by atoms with Gasteiger partial charge in [-0.25, -0.2) is 0 Å². The Bertz CT molecular complexity index is 56.9. The van der Waals surface area contributed by atoms with Gasteiger partial charge in [0.1, 0.15) is 0 Å². The number of hydrogen-bond acceptors (Lipinski definition) is 1. The summed E-state index contributed by atoms with van der Waals surface area (Å²) in [5.74, 6) is 0. The van der Waals surface area contributed by atoms with Gasteiger partial charge in [-0.1, -0.05) is 0 Å². The van der Waals surface area contributed by atoms with E-state index in [1.54, 1.807) is 0 Å². The van der Waals surface area contributed by atoms with E-state index in [1.807, 2.05) is 0 Å². The Morgan fingerprint density at radius 2 is 1.50 bits per heavy atom. The Morgan fingerprint density at radius 1 is 1.50 bits per heavy atom. The summed E-state index contributed by atoms with van der Waals surface area (Å²) >= 11 is -4.12. The smallest absolute Gasteiger partial charge is 2.00 e. The van der Waals surface area contributed by atoms with E-state index in [0.717, 1.165) is 5.71 Å². The van der Waals surface area contributed by atoms with Crippen molar-refractivity contribution in [2.45, 2.75) is 5.71 Å². The SMILES string of the molecule is C[As](=O)(O)O.[Cu+2]. The van der Waals surface area contributed by atoms with Crippen LogP contribution in [0.5, 0.6) is 0 Å². The van der Waals surface area contributed by atoms with Crippen molar-refractivity contribution >= 4 is 14.2 Å². The molecule has 0 saturated heterocycles. The molecule has 0 fully saturated rings. The zero-order chi connectivity index (χ0) is 4.50. The second-order valence-corrected chi connectivity index (χ2v) is 4.34. The van der Waals surface area contributed by atoms with E-state index in [2.05, 4.69) is 0 Å². The van der Waals surface area contributed by atoms with Crippen molar-refractivity contribution in [2.24, 2.45) is 0 Å². The summed E-state index contributed by atoms with van der Waals surface area (Å²) in [4.78, 5) is 0. The second kappa shape index (κ2) is 2.89. The molecule has 0 amide bonds. The minimum absolute atomic E-state index is 0. The molecule has 0 saturated carbocycles. The van der Waals surface area contributed by atoms with Crippen molar-refractivity contribution < 1.29 is 29.0 Å². The first-order chi connectivity index (χ1) is 2.00. The van der Waals surface area contributed by atoms with Gasteiger partial charge >= 0.3 is 48.9 Å². The third kappa shape index (κ3) is 109. The van der Waals surface area contributed by atoms with Crippen molar-refractivity contribution in [3.05, 3.63) is 0 Å². The van der Waals surface area contributed by atoms with Crippen LogP contribution in [0, 0.1) is 0 Å². The first kappa shape index (κ1) is 9.93. The monoisotopic (exact) mass is 203 g/mol. The molecule has 0 heterocycles. The summed E-state index contributed by atoms with van der Waals surface area (Å²) in [6, 6.07) is 0. The molecule has 5 heteroatoms. The fraction of sp³-hybridized carbons (Fsp3) is 1.00. The maximum Gasteiger partial charge on any atom is 2.00 e. The first-order valence-electron chi connectivity index (χ1n) is 1.03. The van der Waals surface area contributed by atoms with Crippen LogP contribution in [0.15, 0.2) is 0 Å². The largest absolute Gasteiger partial charge is 2.00 e. The van der Waals surface area contributed by atoms with Gasteiger partial charge in [0.05, 0.1) is 0 Å². The van der Waals surface area contributed by atoms with E-state index < -0.39 is 14.2 Å². The molecule has 41 valence electrons. The Morgan fingerprint density at radius 3 is 1.50 bits per heavy atom. The molecular weight excluding hydrogens is 198 g/mol. The van der Waals surface area contributed by atoms with E-state index >= 15 is 0 Å². The van der Waals surface area contributed by atoms with Crippen LogP contribution in [0.25, 0.3) is 0 Å². The molecule has 0 rings (SSSR count). The van der Waals surface area contributed by atoms with E-state index in [9.17, 15) is 3.74 Å². The Labute approximate surface area is 49.2 Å². The molecule has 0 bridgehead atoms. The summed E-state index contributed by atoms with van der Waals surface area (Å²) < 4.78 is 24.8. The van der Waals surface area contributed by atoms with Crippen LogP contribution in [0.1, 0.15) is 0 Å². The molecule has 1 radical (unpaired) electrons. The second-order valence-electron chi connectivity index (χ2n) is 0.835. The van der Waals surface area contributed by atoms with Gasteiger partial charge in [-0.2, -0.15) is 0 Å². The molecule has 0 aromatic carbocycles. The predicted octanol–water partition coefficient (Wildman–Crippen LogP) is -1.03. The summed E-state index contributed by atoms with van der Waals surface area (Å²) in [6.07, 6.45) is 0. The van der Waals surface area contributed by atoms with Crippen LogP contribution in [-0.2, 0) is 20.8 Å². The standard InChI is InChI=1S/CH5AsO3.Cu/c1-2(3,4)5;/h1H3,(H2,3,4,5);/q;+2. The van der Waals surface area contributed by atoms with Crippen LogP contribution in [0.3, 0.4) is 0 Å². The van der Waals surface area contributed by atoms with Crippen LogP contribution in [0.2, 0.25) is 5.71 Å². The summed E-state index contributed by atoms with van der Waals surface area (Å²) in [5.41, 5.74) is 0.915. The molecule has 0 aliphatic carbocycles. The van der Waals surface area contributed by atoms with Gasteiger partial charge in [0, 0.05) is 0 Å². The van der Waals surface area contributed by atoms with Crippen LogP contribution >= 0.6 is 0 Å². The van der Waals surface area contributed by atoms with Crippen LogP contribution in [-0.4, -0.2) is 22.4 Å². The van der Waals surface area contributed by atoms with E-state index in [1.165, 1.54) is 0 Å². The number of hydrogen-bond donors (Lipinski definition) is 2. The average molecular weight is 204 g/mol. The van der Waals surface area contributed by atoms with Gasteiger partial charge in [-0.05, 0) is 0 Å². The van der Waals surface area contributed by atoms with Crippen molar-refractivity contribution in [1.82, 2.24) is 0 Å². The van der Waals surface area contributed by atoms with E-state index in [4.69, 9.17) is 8.19 Å². The van der Waals surface area contributed by atoms with E-state index in [0.29, 0.717) is 0 Å². The van der Waals surface area contributed by atoms with Crippen molar-refractivity contribution in [1.29, 1.82) is 0 Å². The Kier molecular flexibility index (Phi) is 4.78. The zero-order valence-corrected chi connectivity index (χ0v) is 5.87. The molecule has 0 unspecified atom stereocenters. The molecular formula is CH5AsCuO3+2. The maximum atomic E-state index is 9.39. The van der Waals surface area contributed by atoms with Gasteiger partial charge in [-0.15, -0.1) is 0 Å². The van der Waals surface area contributed by atoms with E-state index in [-0.39, 0.29) is 17.1 Å². The molecule has 6 heavy (non-hydrogen) atoms. The zero-order valence-electron chi connectivity index (χ0n) is 3.05. The fourth-order valence-corrected chi connectivity index (χ4v) is 0. The van der Waals surface area contributed by atoms with Crippen molar-refractivity contribution in [2.75, 3.05) is 0 Å². The predicted molar refractivity (Wildman–Crippen MR) is 16.7 cm³/mol. The van der Waals surface area contributed by atoms with Gasteiger partial charge in [-0.3, -0.25) is 0 Å². The summed E-state index contributed by atoms with van der Waals surface area (Å²) in [5, 5.41) is 0. The molecule has 0 aromatic heterocycles. The molecule has 0 spiro atoms. The normalized spacial score (nSPS) is 9.83. The van der Waals surface area contributed by atoms with Crippen molar-refractivity contribution in [3.8, 4) is 0 Å². The van der Waals surface area contributed by atoms with Crippen LogP contribution < -0.4 is 0 Å². The maximum absolute atomic E-state index is 9.39. The topological polar surface area (TPSA) is 57.5 Å². The molecule has 0 atom stereocenters.